The van der Waals surface area contributed by atoms with Gasteiger partial charge in [-0.1, -0.05) is 6.42 Å². The Balaban J connectivity index is 1.93. The molecule has 1 aliphatic rings. The lowest BCUT2D eigenvalue weighted by Crippen LogP contribution is -2.43. The fourth-order valence-electron chi connectivity index (χ4n) is 2.92. The Kier molecular flexibility index (Phi) is 5.34. The van der Waals surface area contributed by atoms with Crippen molar-refractivity contribution < 1.29 is 5.11 Å². The first-order valence-corrected chi connectivity index (χ1v) is 7.43. The first-order chi connectivity index (χ1) is 9.20. The third-order valence-corrected chi connectivity index (χ3v) is 3.95. The molecule has 0 amide bonds. The Bertz CT molecular complexity index is 391. The van der Waals surface area contributed by atoms with E-state index in [1.165, 1.54) is 25.8 Å². The molecule has 1 aromatic heterocycles. The largest absolute Gasteiger partial charge is 0.396 e. The van der Waals surface area contributed by atoms with Gasteiger partial charge in [-0.05, 0) is 52.6 Å². The number of hydrogen-bond acceptors (Lipinski definition) is 4. The number of unbranched alkanes of at least 4 members (excludes halogenated alkanes) is 1. The zero-order valence-corrected chi connectivity index (χ0v) is 12.2. The second-order valence-corrected chi connectivity index (χ2v) is 5.50. The Labute approximate surface area is 115 Å². The van der Waals surface area contributed by atoms with Crippen molar-refractivity contribution in [3.8, 4) is 0 Å². The van der Waals surface area contributed by atoms with Crippen LogP contribution in [0.2, 0.25) is 0 Å². The quantitative estimate of drug-likeness (QED) is 0.793. The standard InChI is InChI=1S/C14H26N4O/c1-12-15-13(2)18(16-12)11-14-7-3-4-8-17(14)9-5-6-10-19/h14,19H,3-11H2,1-2H3/t14-/m0/s1. The lowest BCUT2D eigenvalue weighted by Gasteiger charge is -2.35. The highest BCUT2D eigenvalue weighted by atomic mass is 16.2. The van der Waals surface area contributed by atoms with Gasteiger partial charge < -0.3 is 5.11 Å². The molecule has 0 saturated carbocycles. The fraction of sp³-hybridized carbons (Fsp3) is 0.857. The van der Waals surface area contributed by atoms with Gasteiger partial charge >= 0.3 is 0 Å². The van der Waals surface area contributed by atoms with E-state index in [2.05, 4.69) is 15.0 Å². The maximum absolute atomic E-state index is 8.90. The minimum atomic E-state index is 0.305. The molecule has 2 rings (SSSR count). The van der Waals surface area contributed by atoms with E-state index in [0.717, 1.165) is 37.6 Å². The van der Waals surface area contributed by atoms with E-state index in [-0.39, 0.29) is 0 Å². The van der Waals surface area contributed by atoms with E-state index < -0.39 is 0 Å². The van der Waals surface area contributed by atoms with Crippen molar-refractivity contribution >= 4 is 0 Å². The molecular weight excluding hydrogens is 240 g/mol. The van der Waals surface area contributed by atoms with Gasteiger partial charge in [-0.3, -0.25) is 4.90 Å². The molecule has 1 aliphatic heterocycles. The lowest BCUT2D eigenvalue weighted by atomic mass is 10.0. The summed E-state index contributed by atoms with van der Waals surface area (Å²) in [7, 11) is 0. The van der Waals surface area contributed by atoms with Crippen LogP contribution in [0.15, 0.2) is 0 Å². The number of aryl methyl sites for hydroxylation is 2. The zero-order valence-electron chi connectivity index (χ0n) is 12.2. The molecule has 2 heterocycles. The van der Waals surface area contributed by atoms with Gasteiger partial charge in [0.1, 0.15) is 11.6 Å². The highest BCUT2D eigenvalue weighted by Gasteiger charge is 2.23. The summed E-state index contributed by atoms with van der Waals surface area (Å²) >= 11 is 0. The van der Waals surface area contributed by atoms with Crippen LogP contribution in [0.5, 0.6) is 0 Å². The van der Waals surface area contributed by atoms with Crippen LogP contribution in [0.1, 0.15) is 43.8 Å². The summed E-state index contributed by atoms with van der Waals surface area (Å²) in [4.78, 5) is 6.94. The Morgan fingerprint density at radius 3 is 2.79 bits per heavy atom. The van der Waals surface area contributed by atoms with Crippen LogP contribution in [0.4, 0.5) is 0 Å². The summed E-state index contributed by atoms with van der Waals surface area (Å²) in [5.41, 5.74) is 0. The van der Waals surface area contributed by atoms with E-state index in [1.54, 1.807) is 0 Å². The molecule has 1 aromatic rings. The number of aromatic nitrogens is 3. The number of likely N-dealkylation sites (tertiary alicyclic amines) is 1. The van der Waals surface area contributed by atoms with Gasteiger partial charge in [0.05, 0.1) is 6.54 Å². The number of rotatable bonds is 6. The zero-order chi connectivity index (χ0) is 13.7. The molecule has 0 aliphatic carbocycles. The summed E-state index contributed by atoms with van der Waals surface area (Å²) in [6.45, 7) is 7.51. The van der Waals surface area contributed by atoms with E-state index in [0.29, 0.717) is 12.6 Å². The first kappa shape index (κ1) is 14.5. The van der Waals surface area contributed by atoms with Crippen molar-refractivity contribution in [1.82, 2.24) is 19.7 Å². The third kappa shape index (κ3) is 4.01. The molecule has 108 valence electrons. The van der Waals surface area contributed by atoms with Gasteiger partial charge in [-0.15, -0.1) is 0 Å². The molecule has 1 atom stereocenters. The summed E-state index contributed by atoms with van der Waals surface area (Å²) < 4.78 is 2.05. The Morgan fingerprint density at radius 2 is 2.11 bits per heavy atom. The number of hydrogen-bond donors (Lipinski definition) is 1. The van der Waals surface area contributed by atoms with Gasteiger partial charge in [-0.25, -0.2) is 9.67 Å². The fourth-order valence-corrected chi connectivity index (χ4v) is 2.92. The van der Waals surface area contributed by atoms with Gasteiger partial charge in [0.25, 0.3) is 0 Å². The predicted octanol–water partition coefficient (Wildman–Crippen LogP) is 1.52. The molecule has 1 saturated heterocycles. The normalized spacial score (nSPS) is 20.9. The van der Waals surface area contributed by atoms with Crippen LogP contribution in [0.25, 0.3) is 0 Å². The number of aliphatic hydroxyl groups excluding tert-OH is 1. The second-order valence-electron chi connectivity index (χ2n) is 5.50. The van der Waals surface area contributed by atoms with Crippen LogP contribution in [-0.2, 0) is 6.54 Å². The summed E-state index contributed by atoms with van der Waals surface area (Å²) in [6, 6.07) is 0.576. The van der Waals surface area contributed by atoms with Gasteiger partial charge in [-0.2, -0.15) is 5.10 Å². The topological polar surface area (TPSA) is 54.2 Å². The summed E-state index contributed by atoms with van der Waals surface area (Å²) in [5, 5.41) is 13.4. The monoisotopic (exact) mass is 266 g/mol. The molecule has 19 heavy (non-hydrogen) atoms. The maximum atomic E-state index is 8.90. The smallest absolute Gasteiger partial charge is 0.147 e. The third-order valence-electron chi connectivity index (χ3n) is 3.95. The van der Waals surface area contributed by atoms with Crippen molar-refractivity contribution in [3.63, 3.8) is 0 Å². The molecule has 1 fully saturated rings. The van der Waals surface area contributed by atoms with Crippen molar-refractivity contribution in [3.05, 3.63) is 11.6 Å². The molecule has 0 aromatic carbocycles. The van der Waals surface area contributed by atoms with Crippen LogP contribution in [0.3, 0.4) is 0 Å². The molecule has 0 spiro atoms. The molecule has 5 heteroatoms. The molecule has 0 bridgehead atoms. The van der Waals surface area contributed by atoms with E-state index in [1.807, 2.05) is 18.5 Å². The predicted molar refractivity (Wildman–Crippen MR) is 75.0 cm³/mol. The van der Waals surface area contributed by atoms with Crippen LogP contribution in [0, 0.1) is 13.8 Å². The van der Waals surface area contributed by atoms with Crippen LogP contribution in [-0.4, -0.2) is 50.5 Å². The van der Waals surface area contributed by atoms with Crippen LogP contribution >= 0.6 is 0 Å². The number of piperidine rings is 1. The minimum Gasteiger partial charge on any atom is -0.396 e. The molecule has 0 unspecified atom stereocenters. The van der Waals surface area contributed by atoms with Crippen LogP contribution < -0.4 is 0 Å². The second kappa shape index (κ2) is 7.01. The van der Waals surface area contributed by atoms with Crippen molar-refractivity contribution in [1.29, 1.82) is 0 Å². The van der Waals surface area contributed by atoms with E-state index in [4.69, 9.17) is 5.11 Å². The number of aliphatic hydroxyl groups is 1. The molecule has 5 nitrogen and oxygen atoms in total. The first-order valence-electron chi connectivity index (χ1n) is 7.43. The highest BCUT2D eigenvalue weighted by Crippen LogP contribution is 2.19. The molecular formula is C14H26N4O. The maximum Gasteiger partial charge on any atom is 0.147 e. The van der Waals surface area contributed by atoms with Gasteiger partial charge in [0, 0.05) is 12.6 Å². The van der Waals surface area contributed by atoms with E-state index in [9.17, 15) is 0 Å². The average Bonchev–Trinajstić information content (AvgIpc) is 2.70. The number of nitrogens with zero attached hydrogens (tertiary/aromatic N) is 4. The Hall–Kier alpha value is -0.940. The Morgan fingerprint density at radius 1 is 1.26 bits per heavy atom. The molecule has 0 radical (unpaired) electrons. The summed E-state index contributed by atoms with van der Waals surface area (Å²) in [6.07, 6.45) is 5.85. The van der Waals surface area contributed by atoms with Crippen molar-refractivity contribution in [2.45, 2.75) is 58.5 Å². The lowest BCUT2D eigenvalue weighted by molar-refractivity contribution is 0.123. The molecule has 1 N–H and O–H groups in total. The summed E-state index contributed by atoms with van der Waals surface area (Å²) in [5.74, 6) is 1.87. The van der Waals surface area contributed by atoms with E-state index >= 15 is 0 Å². The minimum absolute atomic E-state index is 0.305. The van der Waals surface area contributed by atoms with Crippen molar-refractivity contribution in [2.24, 2.45) is 0 Å². The van der Waals surface area contributed by atoms with Crippen molar-refractivity contribution in [2.75, 3.05) is 19.7 Å². The van der Waals surface area contributed by atoms with Gasteiger partial charge in [0.2, 0.25) is 0 Å². The van der Waals surface area contributed by atoms with Gasteiger partial charge in [0.15, 0.2) is 0 Å². The SMILES string of the molecule is Cc1nc(C)n(C[C@@H]2CCCCN2CCCCO)n1. The average molecular weight is 266 g/mol. The highest BCUT2D eigenvalue weighted by molar-refractivity contribution is 4.89.